The van der Waals surface area contributed by atoms with Crippen LogP contribution in [0.4, 0.5) is 5.69 Å². The third kappa shape index (κ3) is 3.10. The molecule has 6 heteroatoms. The molecule has 2 aromatic rings. The Balaban J connectivity index is 1.74. The summed E-state index contributed by atoms with van der Waals surface area (Å²) in [5, 5.41) is 3.64. The first-order valence-electron chi connectivity index (χ1n) is 8.82. The summed E-state index contributed by atoms with van der Waals surface area (Å²) >= 11 is 3.50. The molecule has 0 saturated heterocycles. The van der Waals surface area contributed by atoms with Gasteiger partial charge in [0, 0.05) is 22.6 Å². The van der Waals surface area contributed by atoms with Crippen molar-refractivity contribution >= 4 is 31.6 Å². The second-order valence-electron chi connectivity index (χ2n) is 6.78. The molecule has 0 radical (unpaired) electrons. The number of nitrogens with one attached hydrogen (secondary N) is 2. The summed E-state index contributed by atoms with van der Waals surface area (Å²) in [5.41, 5.74) is 3.33. The normalized spacial score (nSPS) is 24.0. The molecule has 2 N–H and O–H groups in total. The van der Waals surface area contributed by atoms with E-state index in [9.17, 15) is 8.42 Å². The molecule has 0 aromatic heterocycles. The Morgan fingerprint density at radius 2 is 1.96 bits per heavy atom. The summed E-state index contributed by atoms with van der Waals surface area (Å²) in [4.78, 5) is 0.334. The minimum absolute atomic E-state index is 0.215. The number of halogens is 1. The van der Waals surface area contributed by atoms with Crippen LogP contribution < -0.4 is 10.0 Å². The van der Waals surface area contributed by atoms with Gasteiger partial charge >= 0.3 is 0 Å². The summed E-state index contributed by atoms with van der Waals surface area (Å²) in [6.07, 6.45) is 5.42. The molecule has 0 amide bonds. The zero-order chi connectivity index (χ0) is 18.3. The van der Waals surface area contributed by atoms with Gasteiger partial charge in [-0.2, -0.15) is 0 Å². The van der Waals surface area contributed by atoms with Crippen LogP contribution in [0.5, 0.6) is 0 Å². The van der Waals surface area contributed by atoms with E-state index in [1.807, 2.05) is 12.1 Å². The van der Waals surface area contributed by atoms with Crippen molar-refractivity contribution < 1.29 is 8.42 Å². The van der Waals surface area contributed by atoms with Crippen molar-refractivity contribution in [3.05, 3.63) is 70.2 Å². The minimum Gasteiger partial charge on any atom is -0.378 e. The smallest absolute Gasteiger partial charge is 0.240 e. The first kappa shape index (κ1) is 17.8. The number of rotatable bonds is 4. The summed E-state index contributed by atoms with van der Waals surface area (Å²) in [5.74, 6) is 0.623. The van der Waals surface area contributed by atoms with E-state index in [1.54, 1.807) is 13.0 Å². The van der Waals surface area contributed by atoms with Gasteiger partial charge in [0.2, 0.25) is 10.0 Å². The average Bonchev–Trinajstić information content (AvgIpc) is 3.11. The number of fused-ring (bicyclic) bond motifs is 3. The van der Waals surface area contributed by atoms with Gasteiger partial charge in [-0.05, 0) is 53.8 Å². The van der Waals surface area contributed by atoms with Gasteiger partial charge in [-0.1, -0.05) is 47.1 Å². The maximum atomic E-state index is 12.4. The van der Waals surface area contributed by atoms with Crippen LogP contribution in [0, 0.1) is 5.92 Å². The predicted molar refractivity (Wildman–Crippen MR) is 108 cm³/mol. The zero-order valence-electron chi connectivity index (χ0n) is 14.4. The molecule has 1 aliphatic heterocycles. The number of benzene rings is 2. The van der Waals surface area contributed by atoms with Gasteiger partial charge in [0.05, 0.1) is 10.9 Å². The highest BCUT2D eigenvalue weighted by Gasteiger charge is 2.38. The Morgan fingerprint density at radius 3 is 2.69 bits per heavy atom. The van der Waals surface area contributed by atoms with E-state index in [-0.39, 0.29) is 12.0 Å². The number of hydrogen-bond donors (Lipinski definition) is 2. The molecule has 4 rings (SSSR count). The van der Waals surface area contributed by atoms with Crippen molar-refractivity contribution in [3.63, 3.8) is 0 Å². The van der Waals surface area contributed by atoms with Gasteiger partial charge in [-0.15, -0.1) is 0 Å². The van der Waals surface area contributed by atoms with E-state index in [2.05, 4.69) is 62.4 Å². The highest BCUT2D eigenvalue weighted by atomic mass is 79.9. The molecule has 0 unspecified atom stereocenters. The topological polar surface area (TPSA) is 58.2 Å². The summed E-state index contributed by atoms with van der Waals surface area (Å²) in [6, 6.07) is 14.0. The molecule has 0 spiro atoms. The van der Waals surface area contributed by atoms with Crippen LogP contribution in [0.25, 0.3) is 0 Å². The standard InChI is InChI=1S/C20H21BrN2O2S/c1-2-22-26(24,25)15-10-11-19-18(12-15)16-4-3-5-17(16)20(23-19)13-6-8-14(21)9-7-13/h3-4,6-12,16-17,20,22-23H,2,5H2,1H3/t16-,17+,20-/m1/s1. The third-order valence-electron chi connectivity index (χ3n) is 5.21. The molecular weight excluding hydrogens is 412 g/mol. The molecule has 1 heterocycles. The van der Waals surface area contributed by atoms with Crippen LogP contribution in [0.15, 0.2) is 64.0 Å². The van der Waals surface area contributed by atoms with Crippen molar-refractivity contribution in [2.45, 2.75) is 30.2 Å². The van der Waals surface area contributed by atoms with Gasteiger partial charge in [0.25, 0.3) is 0 Å². The van der Waals surface area contributed by atoms with Gasteiger partial charge in [0.15, 0.2) is 0 Å². The molecular formula is C20H21BrN2O2S. The van der Waals surface area contributed by atoms with Gasteiger partial charge in [-0.25, -0.2) is 13.1 Å². The predicted octanol–water partition coefficient (Wildman–Crippen LogP) is 4.57. The van der Waals surface area contributed by atoms with E-state index < -0.39 is 10.0 Å². The average molecular weight is 433 g/mol. The number of allylic oxidation sites excluding steroid dienone is 2. The van der Waals surface area contributed by atoms with Crippen molar-refractivity contribution in [2.24, 2.45) is 5.92 Å². The van der Waals surface area contributed by atoms with Crippen molar-refractivity contribution in [3.8, 4) is 0 Å². The summed E-state index contributed by atoms with van der Waals surface area (Å²) < 4.78 is 28.4. The number of anilines is 1. The van der Waals surface area contributed by atoms with Crippen LogP contribution in [-0.2, 0) is 10.0 Å². The fraction of sp³-hybridized carbons (Fsp3) is 0.300. The van der Waals surface area contributed by atoms with Crippen molar-refractivity contribution in [1.82, 2.24) is 4.72 Å². The molecule has 4 nitrogen and oxygen atoms in total. The lowest BCUT2D eigenvalue weighted by Gasteiger charge is -2.37. The second kappa shape index (κ2) is 6.83. The second-order valence-corrected chi connectivity index (χ2v) is 9.46. The lowest BCUT2D eigenvalue weighted by atomic mass is 9.77. The maximum Gasteiger partial charge on any atom is 0.240 e. The summed E-state index contributed by atoms with van der Waals surface area (Å²) in [7, 11) is -3.45. The van der Waals surface area contributed by atoms with Crippen LogP contribution in [0.2, 0.25) is 0 Å². The SMILES string of the molecule is CCNS(=O)(=O)c1ccc2c(c1)[C@@H]1C=CC[C@@H]1[C@@H](c1ccc(Br)cc1)N2. The maximum absolute atomic E-state index is 12.4. The van der Waals surface area contributed by atoms with E-state index in [0.717, 1.165) is 22.1 Å². The molecule has 1 aliphatic carbocycles. The van der Waals surface area contributed by atoms with Gasteiger partial charge in [-0.3, -0.25) is 0 Å². The van der Waals surface area contributed by atoms with Crippen molar-refractivity contribution in [2.75, 3.05) is 11.9 Å². The molecule has 0 bridgehead atoms. The molecule has 0 saturated carbocycles. The van der Waals surface area contributed by atoms with Crippen LogP contribution in [0.1, 0.15) is 36.4 Å². The molecule has 2 aliphatic rings. The summed E-state index contributed by atoms with van der Waals surface area (Å²) in [6.45, 7) is 2.17. The van der Waals surface area contributed by atoms with E-state index in [4.69, 9.17) is 0 Å². The Hall–Kier alpha value is -1.63. The highest BCUT2D eigenvalue weighted by molar-refractivity contribution is 9.10. The first-order valence-corrected chi connectivity index (χ1v) is 11.1. The zero-order valence-corrected chi connectivity index (χ0v) is 16.8. The lowest BCUT2D eigenvalue weighted by molar-refractivity contribution is 0.425. The Labute approximate surface area is 162 Å². The van der Waals surface area contributed by atoms with Gasteiger partial charge in [0.1, 0.15) is 0 Å². The van der Waals surface area contributed by atoms with E-state index in [1.165, 1.54) is 5.56 Å². The number of hydrogen-bond acceptors (Lipinski definition) is 3. The lowest BCUT2D eigenvalue weighted by Crippen LogP contribution is -2.30. The fourth-order valence-electron chi connectivity index (χ4n) is 4.01. The molecule has 0 fully saturated rings. The third-order valence-corrected chi connectivity index (χ3v) is 7.28. The highest BCUT2D eigenvalue weighted by Crippen LogP contribution is 2.50. The largest absolute Gasteiger partial charge is 0.378 e. The Morgan fingerprint density at radius 1 is 1.19 bits per heavy atom. The Bertz CT molecular complexity index is 954. The van der Waals surface area contributed by atoms with Crippen molar-refractivity contribution in [1.29, 1.82) is 0 Å². The van der Waals surface area contributed by atoms with Gasteiger partial charge < -0.3 is 5.32 Å². The quantitative estimate of drug-likeness (QED) is 0.695. The fourth-order valence-corrected chi connectivity index (χ4v) is 5.35. The molecule has 136 valence electrons. The first-order chi connectivity index (χ1) is 12.5. The monoisotopic (exact) mass is 432 g/mol. The van der Waals surface area contributed by atoms with E-state index in [0.29, 0.717) is 17.4 Å². The van der Waals surface area contributed by atoms with Crippen LogP contribution >= 0.6 is 15.9 Å². The van der Waals surface area contributed by atoms with Crippen LogP contribution in [-0.4, -0.2) is 15.0 Å². The van der Waals surface area contributed by atoms with E-state index >= 15 is 0 Å². The minimum atomic E-state index is -3.45. The molecule has 2 aromatic carbocycles. The molecule has 26 heavy (non-hydrogen) atoms. The molecule has 3 atom stereocenters. The Kier molecular flexibility index (Phi) is 4.67. The van der Waals surface area contributed by atoms with Crippen LogP contribution in [0.3, 0.4) is 0 Å². The number of sulfonamides is 1.